The molecule has 0 rings (SSSR count). The molecule has 0 aliphatic carbocycles. The lowest BCUT2D eigenvalue weighted by molar-refractivity contribution is -0.0327. The van der Waals surface area contributed by atoms with Crippen LogP contribution in [0.2, 0.25) is 0 Å². The molecule has 0 fully saturated rings. The van der Waals surface area contributed by atoms with Gasteiger partial charge in [-0.05, 0) is 25.4 Å². The minimum atomic E-state index is -4.10. The predicted molar refractivity (Wildman–Crippen MR) is 54.6 cm³/mol. The highest BCUT2D eigenvalue weighted by Crippen LogP contribution is 2.29. The van der Waals surface area contributed by atoms with Gasteiger partial charge in [-0.3, -0.25) is 0 Å². The second kappa shape index (κ2) is 7.36. The second-order valence-electron chi connectivity index (χ2n) is 2.94. The molecule has 0 saturated carbocycles. The van der Waals surface area contributed by atoms with Crippen LogP contribution < -0.4 is 5.32 Å². The van der Waals surface area contributed by atoms with E-state index in [1.807, 2.05) is 14.0 Å². The van der Waals surface area contributed by atoms with Crippen LogP contribution in [-0.4, -0.2) is 49.4 Å². The zero-order chi connectivity index (χ0) is 11.0. The lowest BCUT2D eigenvalue weighted by Crippen LogP contribution is -2.30. The van der Waals surface area contributed by atoms with Crippen molar-refractivity contribution in [1.82, 2.24) is 10.2 Å². The Balaban J connectivity index is 3.14. The first kappa shape index (κ1) is 14.1. The van der Waals surface area contributed by atoms with Gasteiger partial charge in [0.1, 0.15) is 0 Å². The van der Waals surface area contributed by atoms with Crippen LogP contribution in [0.1, 0.15) is 6.92 Å². The summed E-state index contributed by atoms with van der Waals surface area (Å²) in [6, 6.07) is 0. The first-order chi connectivity index (χ1) is 6.45. The van der Waals surface area contributed by atoms with Crippen LogP contribution in [0.5, 0.6) is 0 Å². The summed E-state index contributed by atoms with van der Waals surface area (Å²) in [7, 11) is 1.98. The molecule has 0 radical (unpaired) electrons. The molecule has 86 valence electrons. The Labute approximate surface area is 87.2 Å². The van der Waals surface area contributed by atoms with Crippen molar-refractivity contribution in [3.8, 4) is 0 Å². The van der Waals surface area contributed by atoms with E-state index in [9.17, 15) is 13.2 Å². The number of likely N-dealkylation sites (N-methyl/N-ethyl adjacent to an activating group) is 1. The van der Waals surface area contributed by atoms with Crippen molar-refractivity contribution in [3.63, 3.8) is 0 Å². The number of alkyl halides is 3. The standard InChI is InChI=1S/C8H17F3N2S/c1-3-13(2)6-4-12-5-7-14-8(9,10)11/h12H,3-7H2,1-2H3. The molecule has 6 heteroatoms. The summed E-state index contributed by atoms with van der Waals surface area (Å²) in [4.78, 5) is 2.10. The molecule has 0 heterocycles. The lowest BCUT2D eigenvalue weighted by atomic mass is 10.5. The maximum atomic E-state index is 11.7. The number of thioether (sulfide) groups is 1. The fraction of sp³-hybridized carbons (Fsp3) is 1.00. The van der Waals surface area contributed by atoms with Gasteiger partial charge in [0.2, 0.25) is 0 Å². The predicted octanol–water partition coefficient (Wildman–Crippen LogP) is 1.78. The third kappa shape index (κ3) is 10.1. The molecule has 0 unspecified atom stereocenters. The summed E-state index contributed by atoms with van der Waals surface area (Å²) in [5.74, 6) is 0.0827. The molecule has 0 aromatic heterocycles. The monoisotopic (exact) mass is 230 g/mol. The molecular formula is C8H17F3N2S. The number of hydrogen-bond donors (Lipinski definition) is 1. The van der Waals surface area contributed by atoms with E-state index in [2.05, 4.69) is 10.2 Å². The van der Waals surface area contributed by atoms with Crippen LogP contribution in [-0.2, 0) is 0 Å². The van der Waals surface area contributed by atoms with Crippen molar-refractivity contribution in [3.05, 3.63) is 0 Å². The van der Waals surface area contributed by atoms with E-state index in [-0.39, 0.29) is 17.5 Å². The number of nitrogens with zero attached hydrogens (tertiary/aromatic N) is 1. The zero-order valence-corrected chi connectivity index (χ0v) is 9.34. The van der Waals surface area contributed by atoms with E-state index in [4.69, 9.17) is 0 Å². The molecule has 0 amide bonds. The molecule has 0 spiro atoms. The Morgan fingerprint density at radius 3 is 2.43 bits per heavy atom. The molecule has 0 atom stereocenters. The third-order valence-corrected chi connectivity index (χ3v) is 2.49. The molecule has 0 bridgehead atoms. The molecule has 0 aliphatic heterocycles. The van der Waals surface area contributed by atoms with Crippen LogP contribution in [0.4, 0.5) is 13.2 Å². The van der Waals surface area contributed by atoms with Crippen LogP contribution >= 0.6 is 11.8 Å². The van der Waals surface area contributed by atoms with Crippen molar-refractivity contribution in [2.24, 2.45) is 0 Å². The smallest absolute Gasteiger partial charge is 0.315 e. The van der Waals surface area contributed by atoms with Crippen molar-refractivity contribution in [1.29, 1.82) is 0 Å². The fourth-order valence-corrected chi connectivity index (χ4v) is 1.27. The Morgan fingerprint density at radius 1 is 1.29 bits per heavy atom. The van der Waals surface area contributed by atoms with E-state index in [1.54, 1.807) is 0 Å². The van der Waals surface area contributed by atoms with Gasteiger partial charge in [-0.15, -0.1) is 0 Å². The normalized spacial score (nSPS) is 12.4. The third-order valence-electron chi connectivity index (χ3n) is 1.75. The van der Waals surface area contributed by atoms with E-state index in [0.717, 1.165) is 19.6 Å². The average Bonchev–Trinajstić information content (AvgIpc) is 2.08. The summed E-state index contributed by atoms with van der Waals surface area (Å²) in [6.07, 6.45) is 0. The highest BCUT2D eigenvalue weighted by molar-refractivity contribution is 8.00. The minimum Gasteiger partial charge on any atom is -0.315 e. The molecule has 14 heavy (non-hydrogen) atoms. The summed E-state index contributed by atoms with van der Waals surface area (Å²) < 4.78 is 35.0. The number of nitrogens with one attached hydrogen (secondary N) is 1. The quantitative estimate of drug-likeness (QED) is 0.671. The van der Waals surface area contributed by atoms with Gasteiger partial charge in [0.05, 0.1) is 0 Å². The van der Waals surface area contributed by atoms with Gasteiger partial charge < -0.3 is 10.2 Å². The van der Waals surface area contributed by atoms with Gasteiger partial charge in [-0.1, -0.05) is 6.92 Å². The first-order valence-corrected chi connectivity index (χ1v) is 5.54. The molecule has 2 nitrogen and oxygen atoms in total. The van der Waals surface area contributed by atoms with Gasteiger partial charge in [-0.25, -0.2) is 0 Å². The molecule has 0 aliphatic rings. The molecule has 0 aromatic carbocycles. The summed E-state index contributed by atoms with van der Waals surface area (Å²) >= 11 is 0.0221. The largest absolute Gasteiger partial charge is 0.441 e. The van der Waals surface area contributed by atoms with Gasteiger partial charge in [0.25, 0.3) is 0 Å². The average molecular weight is 230 g/mol. The van der Waals surface area contributed by atoms with Crippen LogP contribution in [0.3, 0.4) is 0 Å². The Kier molecular flexibility index (Phi) is 7.40. The summed E-state index contributed by atoms with van der Waals surface area (Å²) in [5, 5.41) is 2.96. The van der Waals surface area contributed by atoms with Gasteiger partial charge >= 0.3 is 5.51 Å². The van der Waals surface area contributed by atoms with Crippen LogP contribution in [0.15, 0.2) is 0 Å². The molecule has 1 N–H and O–H groups in total. The highest BCUT2D eigenvalue weighted by Gasteiger charge is 2.27. The molecule has 0 aromatic rings. The van der Waals surface area contributed by atoms with Gasteiger partial charge in [-0.2, -0.15) is 13.2 Å². The molecule has 0 saturated heterocycles. The summed E-state index contributed by atoms with van der Waals surface area (Å²) in [5.41, 5.74) is -4.10. The van der Waals surface area contributed by atoms with Crippen molar-refractivity contribution < 1.29 is 13.2 Å². The topological polar surface area (TPSA) is 15.3 Å². The number of halogens is 3. The fourth-order valence-electron chi connectivity index (χ4n) is 0.792. The second-order valence-corrected chi connectivity index (χ2v) is 4.10. The van der Waals surface area contributed by atoms with Gasteiger partial charge in [0, 0.05) is 25.4 Å². The Hall–Kier alpha value is 0.0600. The van der Waals surface area contributed by atoms with Crippen LogP contribution in [0, 0.1) is 0 Å². The van der Waals surface area contributed by atoms with Crippen molar-refractivity contribution in [2.45, 2.75) is 12.4 Å². The Bertz CT molecular complexity index is 141. The van der Waals surface area contributed by atoms with E-state index in [1.165, 1.54) is 0 Å². The van der Waals surface area contributed by atoms with E-state index >= 15 is 0 Å². The van der Waals surface area contributed by atoms with E-state index < -0.39 is 5.51 Å². The zero-order valence-electron chi connectivity index (χ0n) is 8.52. The minimum absolute atomic E-state index is 0.0221. The summed E-state index contributed by atoms with van der Waals surface area (Å²) in [6.45, 7) is 5.01. The number of rotatable bonds is 7. The van der Waals surface area contributed by atoms with Crippen molar-refractivity contribution in [2.75, 3.05) is 39.0 Å². The first-order valence-electron chi connectivity index (χ1n) is 4.55. The SMILES string of the molecule is CCN(C)CCNCCSC(F)(F)F. The van der Waals surface area contributed by atoms with Crippen LogP contribution in [0.25, 0.3) is 0 Å². The Morgan fingerprint density at radius 2 is 1.93 bits per heavy atom. The van der Waals surface area contributed by atoms with E-state index in [0.29, 0.717) is 6.54 Å². The number of hydrogen-bond acceptors (Lipinski definition) is 3. The van der Waals surface area contributed by atoms with Crippen molar-refractivity contribution >= 4 is 11.8 Å². The lowest BCUT2D eigenvalue weighted by Gasteiger charge is -2.13. The van der Waals surface area contributed by atoms with Gasteiger partial charge in [0.15, 0.2) is 0 Å². The maximum Gasteiger partial charge on any atom is 0.441 e. The molecular weight excluding hydrogens is 213 g/mol. The highest BCUT2D eigenvalue weighted by atomic mass is 32.2. The maximum absolute atomic E-state index is 11.7.